The molecule has 2 aliphatic heterocycles. The second-order valence-corrected chi connectivity index (χ2v) is 5.91. The Labute approximate surface area is 121 Å². The molecule has 2 heterocycles. The Hall–Kier alpha value is -1.51. The van der Waals surface area contributed by atoms with Crippen molar-refractivity contribution in [1.82, 2.24) is 4.90 Å². The van der Waals surface area contributed by atoms with Gasteiger partial charge in [-0.3, -0.25) is 4.79 Å². The van der Waals surface area contributed by atoms with Crippen molar-refractivity contribution in [2.24, 2.45) is 0 Å². The van der Waals surface area contributed by atoms with Gasteiger partial charge >= 0.3 is 0 Å². The predicted molar refractivity (Wildman–Crippen MR) is 82.2 cm³/mol. The van der Waals surface area contributed by atoms with Gasteiger partial charge < -0.3 is 9.80 Å². The summed E-state index contributed by atoms with van der Waals surface area (Å²) in [5.41, 5.74) is 2.03. The molecule has 0 spiro atoms. The monoisotopic (exact) mass is 272 g/mol. The number of likely N-dealkylation sites (tertiary alicyclic amines) is 1. The van der Waals surface area contributed by atoms with Gasteiger partial charge in [0.25, 0.3) is 5.91 Å². The van der Waals surface area contributed by atoms with Crippen LogP contribution in [0.15, 0.2) is 24.3 Å². The minimum Gasteiger partial charge on any atom is -0.371 e. The molecule has 0 saturated carbocycles. The summed E-state index contributed by atoms with van der Waals surface area (Å²) in [6.07, 6.45) is 6.02. The molecule has 108 valence electrons. The van der Waals surface area contributed by atoms with Gasteiger partial charge in [-0.1, -0.05) is 19.1 Å². The van der Waals surface area contributed by atoms with Crippen LogP contribution in [0.25, 0.3) is 0 Å². The molecule has 3 rings (SSSR count). The van der Waals surface area contributed by atoms with E-state index in [0.29, 0.717) is 6.04 Å². The van der Waals surface area contributed by atoms with Gasteiger partial charge in [-0.15, -0.1) is 0 Å². The molecule has 1 amide bonds. The van der Waals surface area contributed by atoms with E-state index < -0.39 is 0 Å². The van der Waals surface area contributed by atoms with Gasteiger partial charge in [-0.25, -0.2) is 0 Å². The summed E-state index contributed by atoms with van der Waals surface area (Å²) >= 11 is 0. The van der Waals surface area contributed by atoms with Crippen molar-refractivity contribution in [3.63, 3.8) is 0 Å². The maximum Gasteiger partial charge on any atom is 0.256 e. The fraction of sp³-hybridized carbons (Fsp3) is 0.588. The summed E-state index contributed by atoms with van der Waals surface area (Å²) in [6.45, 7) is 5.26. The smallest absolute Gasteiger partial charge is 0.256 e. The molecule has 0 aliphatic carbocycles. The molecule has 1 aromatic rings. The molecule has 0 N–H and O–H groups in total. The molecule has 3 heteroatoms. The summed E-state index contributed by atoms with van der Waals surface area (Å²) in [6, 6.07) is 8.60. The van der Waals surface area contributed by atoms with Gasteiger partial charge in [0.1, 0.15) is 0 Å². The molecule has 0 radical (unpaired) electrons. The lowest BCUT2D eigenvalue weighted by Gasteiger charge is -2.41. The molecule has 20 heavy (non-hydrogen) atoms. The summed E-state index contributed by atoms with van der Waals surface area (Å²) < 4.78 is 0. The number of carbonyl (C=O) groups is 1. The predicted octanol–water partition coefficient (Wildman–Crippen LogP) is 3.30. The van der Waals surface area contributed by atoms with Crippen molar-refractivity contribution < 1.29 is 4.79 Å². The Balaban J connectivity index is 1.83. The number of hydrogen-bond donors (Lipinski definition) is 0. The number of nitrogens with zero attached hydrogens (tertiary/aromatic N) is 2. The van der Waals surface area contributed by atoms with Crippen LogP contribution in [0.4, 0.5) is 5.69 Å². The maximum atomic E-state index is 12.8. The van der Waals surface area contributed by atoms with Crippen LogP contribution >= 0.6 is 0 Å². The molecule has 0 bridgehead atoms. The molecule has 1 atom stereocenters. The number of rotatable bonds is 3. The summed E-state index contributed by atoms with van der Waals surface area (Å²) in [7, 11) is 0. The maximum absolute atomic E-state index is 12.8. The number of carbonyl (C=O) groups excluding carboxylic acids is 1. The van der Waals surface area contributed by atoms with Gasteiger partial charge in [0.2, 0.25) is 0 Å². The first-order valence-corrected chi connectivity index (χ1v) is 7.96. The number of hydrogen-bond acceptors (Lipinski definition) is 2. The molecule has 2 saturated heterocycles. The van der Waals surface area contributed by atoms with E-state index in [2.05, 4.69) is 17.9 Å². The van der Waals surface area contributed by atoms with Crippen LogP contribution in [-0.2, 0) is 0 Å². The van der Waals surface area contributed by atoms with E-state index in [9.17, 15) is 4.79 Å². The largest absolute Gasteiger partial charge is 0.371 e. The number of piperidine rings is 1. The lowest BCUT2D eigenvalue weighted by Crippen LogP contribution is -2.51. The normalized spacial score (nSPS) is 22.6. The first-order valence-electron chi connectivity index (χ1n) is 7.96. The van der Waals surface area contributed by atoms with Crippen molar-refractivity contribution in [3.8, 4) is 0 Å². The Morgan fingerprint density at radius 3 is 2.55 bits per heavy atom. The number of anilines is 1. The first-order chi connectivity index (χ1) is 9.81. The Morgan fingerprint density at radius 1 is 1.15 bits per heavy atom. The molecule has 0 aromatic heterocycles. The Bertz CT molecular complexity index is 478. The minimum absolute atomic E-state index is 0.226. The fourth-order valence-corrected chi connectivity index (χ4v) is 3.35. The number of para-hydroxylation sites is 1. The third-order valence-electron chi connectivity index (χ3n) is 4.71. The van der Waals surface area contributed by atoms with Crippen LogP contribution in [0.2, 0.25) is 0 Å². The molecule has 3 nitrogen and oxygen atoms in total. The van der Waals surface area contributed by atoms with E-state index in [0.717, 1.165) is 43.7 Å². The van der Waals surface area contributed by atoms with Crippen molar-refractivity contribution in [2.45, 2.75) is 45.1 Å². The van der Waals surface area contributed by atoms with Crippen LogP contribution in [-0.4, -0.2) is 36.5 Å². The van der Waals surface area contributed by atoms with Gasteiger partial charge in [0.15, 0.2) is 0 Å². The van der Waals surface area contributed by atoms with Crippen LogP contribution in [0.3, 0.4) is 0 Å². The van der Waals surface area contributed by atoms with Crippen LogP contribution in [0.1, 0.15) is 49.4 Å². The van der Waals surface area contributed by atoms with Crippen molar-refractivity contribution in [1.29, 1.82) is 0 Å². The third kappa shape index (κ3) is 2.41. The first kappa shape index (κ1) is 13.5. The highest BCUT2D eigenvalue weighted by atomic mass is 16.2. The summed E-state index contributed by atoms with van der Waals surface area (Å²) in [5, 5.41) is 0. The number of amides is 1. The summed E-state index contributed by atoms with van der Waals surface area (Å²) in [4.78, 5) is 17.2. The quantitative estimate of drug-likeness (QED) is 0.843. The van der Waals surface area contributed by atoms with Crippen molar-refractivity contribution >= 4 is 11.6 Å². The van der Waals surface area contributed by atoms with E-state index in [-0.39, 0.29) is 5.91 Å². The molecular formula is C17H24N2O. The molecule has 2 aliphatic rings. The van der Waals surface area contributed by atoms with E-state index in [1.165, 1.54) is 19.3 Å². The van der Waals surface area contributed by atoms with E-state index in [4.69, 9.17) is 0 Å². The third-order valence-corrected chi connectivity index (χ3v) is 4.71. The van der Waals surface area contributed by atoms with Gasteiger partial charge in [0, 0.05) is 31.4 Å². The van der Waals surface area contributed by atoms with E-state index >= 15 is 0 Å². The molecular weight excluding hydrogens is 248 g/mol. The highest BCUT2D eigenvalue weighted by molar-refractivity contribution is 6.00. The average Bonchev–Trinajstić information content (AvgIpc) is 2.47. The zero-order valence-corrected chi connectivity index (χ0v) is 12.3. The fourth-order valence-electron chi connectivity index (χ4n) is 3.35. The second kappa shape index (κ2) is 5.86. The zero-order valence-electron chi connectivity index (χ0n) is 12.3. The second-order valence-electron chi connectivity index (χ2n) is 5.91. The van der Waals surface area contributed by atoms with Crippen LogP contribution < -0.4 is 4.90 Å². The van der Waals surface area contributed by atoms with Crippen molar-refractivity contribution in [3.05, 3.63) is 29.8 Å². The van der Waals surface area contributed by atoms with Gasteiger partial charge in [-0.2, -0.15) is 0 Å². The molecule has 1 aromatic carbocycles. The minimum atomic E-state index is 0.226. The molecule has 1 unspecified atom stereocenters. The van der Waals surface area contributed by atoms with E-state index in [1.54, 1.807) is 0 Å². The highest BCUT2D eigenvalue weighted by Gasteiger charge is 2.32. The zero-order chi connectivity index (χ0) is 13.9. The lowest BCUT2D eigenvalue weighted by atomic mass is 9.98. The summed E-state index contributed by atoms with van der Waals surface area (Å²) in [5.74, 6) is 0.226. The SMILES string of the molecule is CCC1CCN1C(=O)c1ccccc1N1CCCCC1. The van der Waals surface area contributed by atoms with Crippen LogP contribution in [0.5, 0.6) is 0 Å². The topological polar surface area (TPSA) is 23.6 Å². The van der Waals surface area contributed by atoms with E-state index in [1.807, 2.05) is 23.1 Å². The van der Waals surface area contributed by atoms with Gasteiger partial charge in [-0.05, 0) is 44.2 Å². The van der Waals surface area contributed by atoms with Gasteiger partial charge in [0.05, 0.1) is 5.56 Å². The number of benzene rings is 1. The Morgan fingerprint density at radius 2 is 1.90 bits per heavy atom. The van der Waals surface area contributed by atoms with Crippen LogP contribution in [0, 0.1) is 0 Å². The van der Waals surface area contributed by atoms with Crippen molar-refractivity contribution in [2.75, 3.05) is 24.5 Å². The lowest BCUT2D eigenvalue weighted by molar-refractivity contribution is 0.0456. The standard InChI is InChI=1S/C17H24N2O/c1-2-14-10-13-19(14)17(20)15-8-4-5-9-16(15)18-11-6-3-7-12-18/h4-5,8-9,14H,2-3,6-7,10-13H2,1H3. The average molecular weight is 272 g/mol. The molecule has 2 fully saturated rings. The Kier molecular flexibility index (Phi) is 3.95. The highest BCUT2D eigenvalue weighted by Crippen LogP contribution is 2.29.